The van der Waals surface area contributed by atoms with Gasteiger partial charge in [-0.15, -0.1) is 0 Å². The highest BCUT2D eigenvalue weighted by atomic mass is 32.2. The maximum atomic E-state index is 12.5. The number of aromatic nitrogens is 2. The van der Waals surface area contributed by atoms with Gasteiger partial charge in [0, 0.05) is 36.6 Å². The predicted octanol–water partition coefficient (Wildman–Crippen LogP) is 1.86. The maximum absolute atomic E-state index is 12.5. The van der Waals surface area contributed by atoms with Gasteiger partial charge in [0.25, 0.3) is 10.0 Å². The van der Waals surface area contributed by atoms with Crippen LogP contribution in [0.15, 0.2) is 47.6 Å². The van der Waals surface area contributed by atoms with Crippen LogP contribution in [0.25, 0.3) is 0 Å². The van der Waals surface area contributed by atoms with Gasteiger partial charge in [-0.2, -0.15) is 0 Å². The number of hydrogen-bond donors (Lipinski definition) is 2. The minimum Gasteiger partial charge on any atom is -0.337 e. The highest BCUT2D eigenvalue weighted by Crippen LogP contribution is 2.27. The second kappa shape index (κ2) is 7.78. The van der Waals surface area contributed by atoms with E-state index >= 15 is 0 Å². The molecule has 29 heavy (non-hydrogen) atoms. The Kier molecular flexibility index (Phi) is 5.56. The van der Waals surface area contributed by atoms with Gasteiger partial charge in [0.15, 0.2) is 0 Å². The lowest BCUT2D eigenvalue weighted by atomic mass is 10.1. The first-order valence-electron chi connectivity index (χ1n) is 9.07. The summed E-state index contributed by atoms with van der Waals surface area (Å²) in [4.78, 5) is 34.0. The first-order valence-corrected chi connectivity index (χ1v) is 10.6. The number of benzene rings is 1. The Labute approximate surface area is 169 Å². The Hall–Kier alpha value is -3.01. The number of carbonyl (C=O) groups is 2. The monoisotopic (exact) mass is 417 g/mol. The number of rotatable bonds is 5. The molecule has 1 aliphatic heterocycles. The van der Waals surface area contributed by atoms with Gasteiger partial charge in [-0.05, 0) is 51.1 Å². The van der Waals surface area contributed by atoms with Crippen LogP contribution in [0.3, 0.4) is 0 Å². The molecule has 1 unspecified atom stereocenters. The number of amides is 2. The lowest BCUT2D eigenvalue weighted by Crippen LogP contribution is -2.42. The van der Waals surface area contributed by atoms with Crippen LogP contribution in [0.5, 0.6) is 0 Å². The number of carbonyl (C=O) groups excluding carboxylic acids is 2. The minimum absolute atomic E-state index is 0.0119. The summed E-state index contributed by atoms with van der Waals surface area (Å²) in [5.74, 6) is -0.786. The third-order valence-electron chi connectivity index (χ3n) is 4.53. The molecule has 1 aromatic carbocycles. The molecule has 1 saturated heterocycles. The normalized spacial score (nSPS) is 17.3. The Bertz CT molecular complexity index is 1000. The molecule has 2 N–H and O–H groups in total. The SMILES string of the molecule is CC(C)(C)N1CC(C(=O)Nc2ccc(S(=O)(=O)Nc3ncccn3)cc2)CC1=O. The molecular formula is C19H23N5O4S. The van der Waals surface area contributed by atoms with E-state index in [1.54, 1.807) is 11.0 Å². The zero-order valence-electron chi connectivity index (χ0n) is 16.4. The van der Waals surface area contributed by atoms with Crippen LogP contribution in [0.2, 0.25) is 0 Å². The number of hydrogen-bond acceptors (Lipinski definition) is 6. The Morgan fingerprint density at radius 3 is 2.31 bits per heavy atom. The molecule has 0 saturated carbocycles. The van der Waals surface area contributed by atoms with Crippen LogP contribution < -0.4 is 10.0 Å². The van der Waals surface area contributed by atoms with Gasteiger partial charge in [0.1, 0.15) is 0 Å². The summed E-state index contributed by atoms with van der Waals surface area (Å²) < 4.78 is 27.1. The lowest BCUT2D eigenvalue weighted by molar-refractivity contribution is -0.131. The predicted molar refractivity (Wildman–Crippen MR) is 107 cm³/mol. The van der Waals surface area contributed by atoms with Crippen molar-refractivity contribution in [2.45, 2.75) is 37.6 Å². The summed E-state index contributed by atoms with van der Waals surface area (Å²) in [5.41, 5.74) is 0.115. The fourth-order valence-corrected chi connectivity index (χ4v) is 3.98. The summed E-state index contributed by atoms with van der Waals surface area (Å²) in [5, 5.41) is 2.75. The Balaban J connectivity index is 1.65. The number of anilines is 2. The number of nitrogens with zero attached hydrogens (tertiary/aromatic N) is 3. The van der Waals surface area contributed by atoms with Crippen molar-refractivity contribution < 1.29 is 18.0 Å². The highest BCUT2D eigenvalue weighted by Gasteiger charge is 2.39. The smallest absolute Gasteiger partial charge is 0.264 e. The number of sulfonamides is 1. The van der Waals surface area contributed by atoms with Gasteiger partial charge in [-0.1, -0.05) is 0 Å². The number of nitrogens with one attached hydrogen (secondary N) is 2. The molecule has 1 atom stereocenters. The van der Waals surface area contributed by atoms with Crippen molar-refractivity contribution in [3.05, 3.63) is 42.7 Å². The third-order valence-corrected chi connectivity index (χ3v) is 5.87. The van der Waals surface area contributed by atoms with Gasteiger partial charge in [0.05, 0.1) is 10.8 Å². The zero-order chi connectivity index (χ0) is 21.2. The van der Waals surface area contributed by atoms with E-state index < -0.39 is 15.9 Å². The third kappa shape index (κ3) is 4.89. The maximum Gasteiger partial charge on any atom is 0.264 e. The molecule has 2 heterocycles. The summed E-state index contributed by atoms with van der Waals surface area (Å²) in [6.45, 7) is 6.15. The van der Waals surface area contributed by atoms with Crippen molar-refractivity contribution >= 4 is 33.5 Å². The molecule has 2 aromatic rings. The molecule has 0 spiro atoms. The van der Waals surface area contributed by atoms with E-state index in [0.29, 0.717) is 12.2 Å². The first kappa shape index (κ1) is 20.7. The summed E-state index contributed by atoms with van der Waals surface area (Å²) >= 11 is 0. The summed E-state index contributed by atoms with van der Waals surface area (Å²) in [7, 11) is -3.84. The van der Waals surface area contributed by atoms with Gasteiger partial charge in [-0.3, -0.25) is 9.59 Å². The fraction of sp³-hybridized carbons (Fsp3) is 0.368. The molecule has 1 fully saturated rings. The van der Waals surface area contributed by atoms with Crippen LogP contribution in [-0.2, 0) is 19.6 Å². The van der Waals surface area contributed by atoms with Crippen molar-refractivity contribution in [1.82, 2.24) is 14.9 Å². The van der Waals surface area contributed by atoms with Crippen LogP contribution in [0.1, 0.15) is 27.2 Å². The molecule has 3 rings (SSSR count). The van der Waals surface area contributed by atoms with E-state index in [9.17, 15) is 18.0 Å². The van der Waals surface area contributed by atoms with Crippen molar-refractivity contribution in [2.75, 3.05) is 16.6 Å². The van der Waals surface area contributed by atoms with E-state index in [2.05, 4.69) is 20.0 Å². The standard InChI is InChI=1S/C19H23N5O4S/c1-19(2,3)24-12-13(11-16(24)25)17(26)22-14-5-7-15(8-6-14)29(27,28)23-18-20-9-4-10-21-18/h4-10,13H,11-12H2,1-3H3,(H,22,26)(H,20,21,23). The second-order valence-electron chi connectivity index (χ2n) is 7.77. The van der Waals surface area contributed by atoms with Gasteiger partial charge < -0.3 is 10.2 Å². The summed E-state index contributed by atoms with van der Waals surface area (Å²) in [6.07, 6.45) is 3.02. The molecule has 0 aliphatic carbocycles. The summed E-state index contributed by atoms with van der Waals surface area (Å²) in [6, 6.07) is 7.32. The molecule has 0 bridgehead atoms. The topological polar surface area (TPSA) is 121 Å². The molecule has 10 heteroatoms. The van der Waals surface area contributed by atoms with E-state index in [1.807, 2.05) is 20.8 Å². The van der Waals surface area contributed by atoms with Crippen LogP contribution >= 0.6 is 0 Å². The molecule has 1 aliphatic rings. The van der Waals surface area contributed by atoms with Gasteiger partial charge >= 0.3 is 0 Å². The van der Waals surface area contributed by atoms with E-state index in [4.69, 9.17) is 0 Å². The fourth-order valence-electron chi connectivity index (χ4n) is 3.02. The van der Waals surface area contributed by atoms with Crippen molar-refractivity contribution in [3.8, 4) is 0 Å². The molecule has 9 nitrogen and oxygen atoms in total. The average Bonchev–Trinajstić information content (AvgIpc) is 3.05. The van der Waals surface area contributed by atoms with Crippen LogP contribution in [0.4, 0.5) is 11.6 Å². The highest BCUT2D eigenvalue weighted by molar-refractivity contribution is 7.92. The van der Waals surface area contributed by atoms with Gasteiger partial charge in [-0.25, -0.2) is 23.1 Å². The largest absolute Gasteiger partial charge is 0.337 e. The zero-order valence-corrected chi connectivity index (χ0v) is 17.2. The van der Waals surface area contributed by atoms with Gasteiger partial charge in [0.2, 0.25) is 17.8 Å². The molecule has 2 amide bonds. The van der Waals surface area contributed by atoms with Crippen molar-refractivity contribution in [2.24, 2.45) is 5.92 Å². The van der Waals surface area contributed by atoms with Crippen LogP contribution in [-0.4, -0.2) is 47.2 Å². The number of likely N-dealkylation sites (tertiary alicyclic amines) is 1. The Morgan fingerprint density at radius 1 is 1.14 bits per heavy atom. The molecule has 0 radical (unpaired) electrons. The van der Waals surface area contributed by atoms with Crippen molar-refractivity contribution in [3.63, 3.8) is 0 Å². The van der Waals surface area contributed by atoms with Crippen molar-refractivity contribution in [1.29, 1.82) is 0 Å². The van der Waals surface area contributed by atoms with E-state index in [1.165, 1.54) is 36.7 Å². The molecule has 154 valence electrons. The van der Waals surface area contributed by atoms with Crippen LogP contribution in [0, 0.1) is 5.92 Å². The van der Waals surface area contributed by atoms with E-state index in [0.717, 1.165) is 0 Å². The first-order chi connectivity index (χ1) is 13.6. The lowest BCUT2D eigenvalue weighted by Gasteiger charge is -2.31. The Morgan fingerprint density at radius 2 is 1.76 bits per heavy atom. The average molecular weight is 417 g/mol. The minimum atomic E-state index is -3.84. The quantitative estimate of drug-likeness (QED) is 0.766. The molecular weight excluding hydrogens is 394 g/mol. The molecule has 1 aromatic heterocycles. The van der Waals surface area contributed by atoms with E-state index in [-0.39, 0.29) is 34.6 Å². The second-order valence-corrected chi connectivity index (χ2v) is 9.45.